The molecule has 0 spiro atoms. The first-order chi connectivity index (χ1) is 20.0. The molecule has 2 aromatic carbocycles. The van der Waals surface area contributed by atoms with E-state index in [0.29, 0.717) is 47.2 Å². The van der Waals surface area contributed by atoms with Crippen molar-refractivity contribution >= 4 is 25.8 Å². The molecule has 8 heteroatoms. The standard InChI is InChI=1S/C34H47ClN2O4Si/c1-9-39-33(18-19-41-42(23(2)3,24(4)5)25(6)7)27-11-14-29(15-12-27)40-22-26-10-16-31(35)30(20-26)28-13-17-32(37-21-28)34(38)36-8/h10-17,20-21,23-25,33H,9,18-19,22H2,1-8H3,(H,36,38)/t33-/m0/s1. The summed E-state index contributed by atoms with van der Waals surface area (Å²) < 4.78 is 19.1. The second kappa shape index (κ2) is 15.7. The molecular formula is C34H47ClN2O4Si. The number of benzene rings is 2. The van der Waals surface area contributed by atoms with Crippen molar-refractivity contribution in [3.63, 3.8) is 0 Å². The van der Waals surface area contributed by atoms with Gasteiger partial charge >= 0.3 is 0 Å². The van der Waals surface area contributed by atoms with Crippen molar-refractivity contribution in [2.75, 3.05) is 20.3 Å². The molecule has 0 saturated carbocycles. The molecule has 228 valence electrons. The van der Waals surface area contributed by atoms with Crippen LogP contribution < -0.4 is 10.1 Å². The van der Waals surface area contributed by atoms with E-state index in [1.807, 2.05) is 43.3 Å². The average Bonchev–Trinajstić information content (AvgIpc) is 2.97. The molecular weight excluding hydrogens is 564 g/mol. The van der Waals surface area contributed by atoms with Crippen LogP contribution in [0.15, 0.2) is 60.8 Å². The first-order valence-electron chi connectivity index (χ1n) is 15.0. The van der Waals surface area contributed by atoms with Gasteiger partial charge in [-0.05, 0) is 71.4 Å². The molecule has 0 bridgehead atoms. The molecule has 0 radical (unpaired) electrons. The second-order valence-corrected chi connectivity index (χ2v) is 17.4. The molecule has 1 heterocycles. The number of nitrogens with zero attached hydrogens (tertiary/aromatic N) is 1. The number of pyridine rings is 1. The number of ether oxygens (including phenoxy) is 2. The highest BCUT2D eigenvalue weighted by molar-refractivity contribution is 6.77. The fraction of sp³-hybridized carbons (Fsp3) is 0.471. The third kappa shape index (κ3) is 8.22. The van der Waals surface area contributed by atoms with Crippen LogP contribution in [0.1, 0.15) is 82.6 Å². The fourth-order valence-electron chi connectivity index (χ4n) is 6.03. The number of nitrogens with one attached hydrogen (secondary N) is 1. The van der Waals surface area contributed by atoms with E-state index in [0.717, 1.165) is 34.4 Å². The van der Waals surface area contributed by atoms with Gasteiger partial charge in [0.25, 0.3) is 5.91 Å². The third-order valence-corrected chi connectivity index (χ3v) is 14.5. The van der Waals surface area contributed by atoms with E-state index in [4.69, 9.17) is 25.5 Å². The summed E-state index contributed by atoms with van der Waals surface area (Å²) in [5.74, 6) is 0.554. The van der Waals surface area contributed by atoms with Gasteiger partial charge in [-0.3, -0.25) is 9.78 Å². The molecule has 1 atom stereocenters. The smallest absolute Gasteiger partial charge is 0.269 e. The maximum atomic E-state index is 11.8. The van der Waals surface area contributed by atoms with Gasteiger partial charge in [0.05, 0.1) is 6.10 Å². The Hall–Kier alpha value is -2.71. The highest BCUT2D eigenvalue weighted by Crippen LogP contribution is 2.42. The molecule has 0 aliphatic rings. The van der Waals surface area contributed by atoms with E-state index >= 15 is 0 Å². The quantitative estimate of drug-likeness (QED) is 0.174. The third-order valence-electron chi connectivity index (χ3n) is 8.03. The Morgan fingerprint density at radius 2 is 1.62 bits per heavy atom. The van der Waals surface area contributed by atoms with E-state index in [2.05, 4.69) is 64.0 Å². The Morgan fingerprint density at radius 1 is 0.952 bits per heavy atom. The van der Waals surface area contributed by atoms with E-state index in [1.54, 1.807) is 19.3 Å². The van der Waals surface area contributed by atoms with Gasteiger partial charge in [0.1, 0.15) is 18.1 Å². The van der Waals surface area contributed by atoms with Crippen LogP contribution in [0.3, 0.4) is 0 Å². The Bertz CT molecular complexity index is 1260. The minimum atomic E-state index is -1.91. The average molecular weight is 611 g/mol. The Labute approximate surface area is 258 Å². The summed E-state index contributed by atoms with van der Waals surface area (Å²) in [6.45, 7) is 17.7. The molecule has 1 N–H and O–H groups in total. The van der Waals surface area contributed by atoms with Crippen molar-refractivity contribution in [2.24, 2.45) is 0 Å². The molecule has 1 amide bonds. The first kappa shape index (κ1) is 33.8. The summed E-state index contributed by atoms with van der Waals surface area (Å²) in [5.41, 5.74) is 5.81. The molecule has 3 aromatic rings. The highest BCUT2D eigenvalue weighted by atomic mass is 35.5. The maximum Gasteiger partial charge on any atom is 0.269 e. The molecule has 6 nitrogen and oxygen atoms in total. The lowest BCUT2D eigenvalue weighted by Crippen LogP contribution is -2.48. The number of aromatic nitrogens is 1. The minimum absolute atomic E-state index is 0.0236. The maximum absolute atomic E-state index is 11.8. The number of carbonyl (C=O) groups is 1. The zero-order valence-corrected chi connectivity index (χ0v) is 28.1. The summed E-state index contributed by atoms with van der Waals surface area (Å²) in [4.78, 5) is 16.1. The lowest BCUT2D eigenvalue weighted by molar-refractivity contribution is 0.0439. The molecule has 3 rings (SSSR count). The van der Waals surface area contributed by atoms with Gasteiger partial charge in [-0.15, -0.1) is 0 Å². The van der Waals surface area contributed by atoms with Crippen LogP contribution in [0.5, 0.6) is 5.75 Å². The van der Waals surface area contributed by atoms with Crippen molar-refractivity contribution < 1.29 is 18.7 Å². The van der Waals surface area contributed by atoms with Gasteiger partial charge in [-0.1, -0.05) is 77.4 Å². The molecule has 0 fully saturated rings. The molecule has 0 unspecified atom stereocenters. The van der Waals surface area contributed by atoms with E-state index < -0.39 is 8.32 Å². The van der Waals surface area contributed by atoms with Crippen molar-refractivity contribution in [2.45, 2.75) is 84.2 Å². The molecule has 0 aliphatic carbocycles. The molecule has 1 aromatic heterocycles. The lowest BCUT2D eigenvalue weighted by atomic mass is 10.0. The fourth-order valence-corrected chi connectivity index (χ4v) is 11.7. The van der Waals surface area contributed by atoms with Crippen LogP contribution in [0.2, 0.25) is 21.6 Å². The van der Waals surface area contributed by atoms with Crippen LogP contribution in [-0.4, -0.2) is 39.5 Å². The van der Waals surface area contributed by atoms with E-state index in [1.165, 1.54) is 0 Å². The van der Waals surface area contributed by atoms with Gasteiger partial charge in [0.15, 0.2) is 8.32 Å². The number of carbonyl (C=O) groups excluding carboxylic acids is 1. The lowest BCUT2D eigenvalue weighted by Gasteiger charge is -2.42. The normalized spacial score (nSPS) is 12.7. The monoisotopic (exact) mass is 610 g/mol. The minimum Gasteiger partial charge on any atom is -0.489 e. The Morgan fingerprint density at radius 3 is 2.17 bits per heavy atom. The predicted octanol–water partition coefficient (Wildman–Crippen LogP) is 9.00. The Balaban J connectivity index is 1.65. The first-order valence-corrected chi connectivity index (χ1v) is 17.5. The summed E-state index contributed by atoms with van der Waals surface area (Å²) >= 11 is 6.49. The van der Waals surface area contributed by atoms with Crippen LogP contribution in [0, 0.1) is 0 Å². The molecule has 0 saturated heterocycles. The van der Waals surface area contributed by atoms with Gasteiger partial charge in [-0.25, -0.2) is 0 Å². The predicted molar refractivity (Wildman–Crippen MR) is 175 cm³/mol. The number of halogens is 1. The topological polar surface area (TPSA) is 69.7 Å². The van der Waals surface area contributed by atoms with E-state index in [-0.39, 0.29) is 12.0 Å². The zero-order valence-electron chi connectivity index (χ0n) is 26.4. The number of hydrogen-bond donors (Lipinski definition) is 1. The van der Waals surface area contributed by atoms with Gasteiger partial charge in [-0.2, -0.15) is 0 Å². The van der Waals surface area contributed by atoms with Crippen molar-refractivity contribution in [1.29, 1.82) is 0 Å². The van der Waals surface area contributed by atoms with Gasteiger partial charge in [0.2, 0.25) is 0 Å². The summed E-state index contributed by atoms with van der Waals surface area (Å²) in [6.07, 6.45) is 2.46. The summed E-state index contributed by atoms with van der Waals surface area (Å²) in [7, 11) is -0.331. The summed E-state index contributed by atoms with van der Waals surface area (Å²) in [6, 6.07) is 17.5. The zero-order chi connectivity index (χ0) is 30.9. The summed E-state index contributed by atoms with van der Waals surface area (Å²) in [5, 5.41) is 3.19. The largest absolute Gasteiger partial charge is 0.489 e. The Kier molecular flexibility index (Phi) is 12.6. The van der Waals surface area contributed by atoms with Crippen molar-refractivity contribution in [1.82, 2.24) is 10.3 Å². The van der Waals surface area contributed by atoms with Crippen LogP contribution >= 0.6 is 11.6 Å². The number of hydrogen-bond acceptors (Lipinski definition) is 5. The molecule has 42 heavy (non-hydrogen) atoms. The highest BCUT2D eigenvalue weighted by Gasteiger charge is 2.44. The SMILES string of the molecule is CCO[C@@H](CCO[Si](C(C)C)(C(C)C)C(C)C)c1ccc(OCc2ccc(Cl)c(-c3ccc(C(=O)NC)nc3)c2)cc1. The second-order valence-electron chi connectivity index (χ2n) is 11.6. The van der Waals surface area contributed by atoms with Crippen molar-refractivity contribution in [3.8, 4) is 16.9 Å². The van der Waals surface area contributed by atoms with Crippen LogP contribution in [0.25, 0.3) is 11.1 Å². The van der Waals surface area contributed by atoms with Crippen LogP contribution in [-0.2, 0) is 15.8 Å². The molecule has 0 aliphatic heterocycles. The van der Waals surface area contributed by atoms with Crippen molar-refractivity contribution in [3.05, 3.63) is 82.6 Å². The number of amides is 1. The van der Waals surface area contributed by atoms with Crippen LogP contribution in [0.4, 0.5) is 0 Å². The van der Waals surface area contributed by atoms with E-state index in [9.17, 15) is 4.79 Å². The van der Waals surface area contributed by atoms with Gasteiger partial charge in [0, 0.05) is 42.6 Å². The van der Waals surface area contributed by atoms with Gasteiger partial charge < -0.3 is 19.2 Å². The number of rotatable bonds is 15.